The van der Waals surface area contributed by atoms with E-state index in [0.29, 0.717) is 10.9 Å². The van der Waals surface area contributed by atoms with Gasteiger partial charge in [0.05, 0.1) is 5.69 Å². The number of aryl methyl sites for hydroxylation is 1. The van der Waals surface area contributed by atoms with Crippen LogP contribution in [0.5, 0.6) is 0 Å². The number of nitrogens with one attached hydrogen (secondary N) is 2. The van der Waals surface area contributed by atoms with Crippen LogP contribution in [0.15, 0.2) is 23.1 Å². The second-order valence-electron chi connectivity index (χ2n) is 7.31. The molecule has 0 atom stereocenters. The zero-order chi connectivity index (χ0) is 17.9. The Morgan fingerprint density at radius 1 is 1.08 bits per heavy atom. The first-order valence-electron chi connectivity index (χ1n) is 9.61. The molecule has 2 aliphatic rings. The molecular weight excluding hydrogens is 334 g/mol. The molecule has 1 heterocycles. The fourth-order valence-electron chi connectivity index (χ4n) is 3.99. The average molecular weight is 366 g/mol. The predicted molar refractivity (Wildman–Crippen MR) is 103 cm³/mol. The van der Waals surface area contributed by atoms with Crippen molar-refractivity contribution in [1.29, 1.82) is 0 Å². The average Bonchev–Trinajstić information content (AvgIpc) is 3.13. The molecule has 0 radical (unpaired) electrons. The van der Waals surface area contributed by atoms with Crippen molar-refractivity contribution >= 4 is 15.7 Å². The number of nitrogens with zero attached hydrogens (tertiary/aromatic N) is 1. The fraction of sp³-hybridized carbons (Fsp3) is 0.684. The van der Waals surface area contributed by atoms with Crippen LogP contribution >= 0.6 is 0 Å². The summed E-state index contributed by atoms with van der Waals surface area (Å²) in [6, 6.07) is 6.56. The van der Waals surface area contributed by atoms with Crippen molar-refractivity contribution < 1.29 is 8.42 Å². The maximum atomic E-state index is 13.1. The second-order valence-corrected chi connectivity index (χ2v) is 8.99. The predicted octanol–water partition coefficient (Wildman–Crippen LogP) is 2.66. The minimum absolute atomic E-state index is 0.0955. The van der Waals surface area contributed by atoms with E-state index in [0.717, 1.165) is 69.3 Å². The van der Waals surface area contributed by atoms with Gasteiger partial charge in [-0.05, 0) is 56.8 Å². The lowest BCUT2D eigenvalue weighted by Gasteiger charge is -2.34. The molecule has 0 aromatic heterocycles. The maximum Gasteiger partial charge on any atom is 0.242 e. The molecule has 1 aliphatic heterocycles. The van der Waals surface area contributed by atoms with Crippen molar-refractivity contribution in [2.75, 3.05) is 25.0 Å². The van der Waals surface area contributed by atoms with Crippen LogP contribution in [0.2, 0.25) is 0 Å². The summed E-state index contributed by atoms with van der Waals surface area (Å²) >= 11 is 0. The van der Waals surface area contributed by atoms with Gasteiger partial charge in [0.15, 0.2) is 0 Å². The summed E-state index contributed by atoms with van der Waals surface area (Å²) in [7, 11) is -1.48. The van der Waals surface area contributed by atoms with Gasteiger partial charge in [0.25, 0.3) is 0 Å². The first kappa shape index (κ1) is 18.7. The molecular formula is C19H31N3O2S. The Bertz CT molecular complexity index is 676. The Morgan fingerprint density at radius 3 is 2.36 bits per heavy atom. The van der Waals surface area contributed by atoms with Gasteiger partial charge < -0.3 is 10.2 Å². The molecule has 0 unspecified atom stereocenters. The molecule has 25 heavy (non-hydrogen) atoms. The zero-order valence-electron chi connectivity index (χ0n) is 15.4. The number of sulfonamides is 1. The summed E-state index contributed by atoms with van der Waals surface area (Å²) < 4.78 is 29.1. The van der Waals surface area contributed by atoms with Crippen molar-refractivity contribution in [2.24, 2.45) is 0 Å². The van der Waals surface area contributed by atoms with E-state index in [4.69, 9.17) is 0 Å². The molecule has 140 valence electrons. The number of hydrogen-bond donors (Lipinski definition) is 2. The molecule has 1 saturated carbocycles. The van der Waals surface area contributed by atoms with E-state index in [-0.39, 0.29) is 6.04 Å². The number of benzene rings is 1. The highest BCUT2D eigenvalue weighted by Gasteiger charge is 2.28. The Hall–Kier alpha value is -1.11. The number of anilines is 1. The van der Waals surface area contributed by atoms with E-state index < -0.39 is 10.0 Å². The smallest absolute Gasteiger partial charge is 0.242 e. The van der Waals surface area contributed by atoms with Crippen LogP contribution in [0, 0.1) is 0 Å². The number of rotatable bonds is 6. The summed E-state index contributed by atoms with van der Waals surface area (Å²) in [5.41, 5.74) is 1.93. The molecule has 0 bridgehead atoms. The van der Waals surface area contributed by atoms with Crippen molar-refractivity contribution in [3.8, 4) is 0 Å². The van der Waals surface area contributed by atoms with Gasteiger partial charge in [0.2, 0.25) is 10.0 Å². The van der Waals surface area contributed by atoms with Crippen LogP contribution in [-0.2, 0) is 16.4 Å². The normalized spacial score (nSPS) is 20.3. The maximum absolute atomic E-state index is 13.1. The lowest BCUT2D eigenvalue weighted by Crippen LogP contribution is -2.42. The van der Waals surface area contributed by atoms with E-state index in [1.165, 1.54) is 0 Å². The van der Waals surface area contributed by atoms with Gasteiger partial charge in [-0.25, -0.2) is 13.1 Å². The van der Waals surface area contributed by atoms with Crippen LogP contribution in [0.3, 0.4) is 0 Å². The first-order chi connectivity index (χ1) is 12.0. The standard InChI is InChI=1S/C19H31N3O2S/c1-3-15-8-9-18(22-12-10-16(20-2)11-13-22)19(14-15)25(23,24)21-17-6-4-5-7-17/h8-9,14,16-17,20-21H,3-7,10-13H2,1-2H3. The van der Waals surface area contributed by atoms with E-state index in [2.05, 4.69) is 27.9 Å². The summed E-state index contributed by atoms with van der Waals surface area (Å²) in [6.45, 7) is 3.85. The van der Waals surface area contributed by atoms with E-state index in [1.807, 2.05) is 19.2 Å². The molecule has 1 aromatic carbocycles. The lowest BCUT2D eigenvalue weighted by molar-refractivity contribution is 0.441. The summed E-state index contributed by atoms with van der Waals surface area (Å²) in [5, 5.41) is 3.33. The largest absolute Gasteiger partial charge is 0.370 e. The minimum atomic E-state index is -3.48. The molecule has 5 nitrogen and oxygen atoms in total. The molecule has 0 spiro atoms. The van der Waals surface area contributed by atoms with E-state index >= 15 is 0 Å². The van der Waals surface area contributed by atoms with Crippen molar-refractivity contribution in [1.82, 2.24) is 10.0 Å². The highest BCUT2D eigenvalue weighted by molar-refractivity contribution is 7.89. The van der Waals surface area contributed by atoms with E-state index in [9.17, 15) is 8.42 Å². The van der Waals surface area contributed by atoms with Crippen molar-refractivity contribution in [3.05, 3.63) is 23.8 Å². The van der Waals surface area contributed by atoms with Gasteiger partial charge in [-0.15, -0.1) is 0 Å². The third kappa shape index (κ3) is 4.36. The molecule has 1 aromatic rings. The number of hydrogen-bond acceptors (Lipinski definition) is 4. The van der Waals surface area contributed by atoms with Gasteiger partial charge in [0, 0.05) is 25.2 Å². The van der Waals surface area contributed by atoms with Crippen LogP contribution < -0.4 is 14.9 Å². The third-order valence-electron chi connectivity index (χ3n) is 5.64. The summed E-state index contributed by atoms with van der Waals surface area (Å²) in [4.78, 5) is 2.69. The Labute approximate surface area is 152 Å². The Balaban J connectivity index is 1.88. The van der Waals surface area contributed by atoms with Crippen LogP contribution in [-0.4, -0.2) is 40.6 Å². The van der Waals surface area contributed by atoms with Crippen LogP contribution in [0.25, 0.3) is 0 Å². The van der Waals surface area contributed by atoms with Gasteiger partial charge in [-0.2, -0.15) is 0 Å². The van der Waals surface area contributed by atoms with Crippen LogP contribution in [0.4, 0.5) is 5.69 Å². The quantitative estimate of drug-likeness (QED) is 0.814. The zero-order valence-corrected chi connectivity index (χ0v) is 16.2. The first-order valence-corrected chi connectivity index (χ1v) is 11.1. The van der Waals surface area contributed by atoms with Crippen molar-refractivity contribution in [3.63, 3.8) is 0 Å². The molecule has 6 heteroatoms. The SMILES string of the molecule is CCc1ccc(N2CCC(NC)CC2)c(S(=O)(=O)NC2CCCC2)c1. The highest BCUT2D eigenvalue weighted by atomic mass is 32.2. The van der Waals surface area contributed by atoms with E-state index in [1.54, 1.807) is 0 Å². The van der Waals surface area contributed by atoms with Crippen molar-refractivity contribution in [2.45, 2.75) is 68.8 Å². The van der Waals surface area contributed by atoms with Crippen LogP contribution in [0.1, 0.15) is 51.0 Å². The Morgan fingerprint density at radius 2 is 1.76 bits per heavy atom. The Kier molecular flexibility index (Phi) is 6.02. The monoisotopic (exact) mass is 365 g/mol. The third-order valence-corrected chi connectivity index (χ3v) is 7.19. The second kappa shape index (κ2) is 8.06. The molecule has 3 rings (SSSR count). The van der Waals surface area contributed by atoms with Gasteiger partial charge in [-0.3, -0.25) is 0 Å². The molecule has 0 amide bonds. The summed E-state index contributed by atoms with van der Waals surface area (Å²) in [5.74, 6) is 0. The number of piperidine rings is 1. The minimum Gasteiger partial charge on any atom is -0.370 e. The molecule has 1 aliphatic carbocycles. The topological polar surface area (TPSA) is 61.4 Å². The van der Waals surface area contributed by atoms with Gasteiger partial charge >= 0.3 is 0 Å². The summed E-state index contributed by atoms with van der Waals surface area (Å²) in [6.07, 6.45) is 7.07. The van der Waals surface area contributed by atoms with Gasteiger partial charge in [-0.1, -0.05) is 25.8 Å². The lowest BCUT2D eigenvalue weighted by atomic mass is 10.0. The fourth-order valence-corrected chi connectivity index (χ4v) is 5.57. The molecule has 2 fully saturated rings. The molecule has 2 N–H and O–H groups in total. The molecule has 1 saturated heterocycles. The van der Waals surface area contributed by atoms with Gasteiger partial charge in [0.1, 0.15) is 4.90 Å². The highest BCUT2D eigenvalue weighted by Crippen LogP contribution is 2.30.